The van der Waals surface area contributed by atoms with Crippen LogP contribution in [0.5, 0.6) is 10.8 Å². The van der Waals surface area contributed by atoms with Gasteiger partial charge in [0, 0.05) is 42.2 Å². The Labute approximate surface area is 245 Å². The Hall–Kier alpha value is -2.91. The molecule has 224 valence electrons. The second kappa shape index (κ2) is 14.8. The van der Waals surface area contributed by atoms with Crippen LogP contribution in [0.1, 0.15) is 82.0 Å². The first-order valence-corrected chi connectivity index (χ1v) is 14.8. The number of aryl methyl sites for hydroxylation is 4. The van der Waals surface area contributed by atoms with Crippen molar-refractivity contribution in [1.82, 2.24) is 9.27 Å². The molecule has 0 atom stereocenters. The van der Waals surface area contributed by atoms with Crippen LogP contribution in [0.2, 0.25) is 0 Å². The third-order valence-corrected chi connectivity index (χ3v) is 8.30. The van der Waals surface area contributed by atoms with Gasteiger partial charge in [-0.1, -0.05) is 31.5 Å². The van der Waals surface area contributed by atoms with Crippen LogP contribution >= 0.6 is 11.5 Å². The van der Waals surface area contributed by atoms with Crippen molar-refractivity contribution in [3.05, 3.63) is 75.0 Å². The van der Waals surface area contributed by atoms with Crippen LogP contribution in [0.4, 0.5) is 13.2 Å². The first kappa shape index (κ1) is 32.6. The van der Waals surface area contributed by atoms with Crippen molar-refractivity contribution < 1.29 is 27.4 Å². The molecule has 0 radical (unpaired) electrons. The molecule has 0 fully saturated rings. The molecule has 1 aliphatic heterocycles. The van der Waals surface area contributed by atoms with Gasteiger partial charge in [-0.15, -0.1) is 0 Å². The van der Waals surface area contributed by atoms with E-state index in [-0.39, 0.29) is 5.06 Å². The number of Topliss-reactive ketones (excluding diaryl/α,β-unsaturated/α-hetero) is 1. The van der Waals surface area contributed by atoms with E-state index >= 15 is 0 Å². The highest BCUT2D eigenvalue weighted by atomic mass is 32.1. The molecule has 0 amide bonds. The van der Waals surface area contributed by atoms with Crippen LogP contribution < -0.4 is 9.47 Å². The number of methoxy groups -OCH3 is 1. The summed E-state index contributed by atoms with van der Waals surface area (Å²) in [4.78, 5) is 14.0. The average molecular weight is 591 g/mol. The van der Waals surface area contributed by atoms with Gasteiger partial charge < -0.3 is 9.47 Å². The molecule has 2 aromatic carbocycles. The third kappa shape index (κ3) is 9.30. The number of carbonyl (C=O) groups excluding carboxylic acids is 1. The Kier molecular flexibility index (Phi) is 11.8. The number of halogens is 3. The minimum absolute atomic E-state index is 0.245. The van der Waals surface area contributed by atoms with Crippen molar-refractivity contribution in [3.63, 3.8) is 0 Å². The van der Waals surface area contributed by atoms with E-state index in [0.717, 1.165) is 60.8 Å². The molecule has 2 heterocycles. The SMILES string of the molecule is CCCCN1Cc2cc(OC)cc(C)c2C1.Cc1cccc2c1C(=O)CCC2.Cc1nsc(OCC(F)(F)F)c1C. The maximum Gasteiger partial charge on any atom is 0.422 e. The lowest BCUT2D eigenvalue weighted by molar-refractivity contribution is -0.153. The van der Waals surface area contributed by atoms with Gasteiger partial charge >= 0.3 is 6.18 Å². The molecule has 1 aromatic heterocycles. The van der Waals surface area contributed by atoms with Crippen molar-refractivity contribution in [1.29, 1.82) is 0 Å². The minimum Gasteiger partial charge on any atom is -0.497 e. The second-order valence-electron chi connectivity index (χ2n) is 10.6. The molecule has 0 unspecified atom stereocenters. The molecular weight excluding hydrogens is 549 g/mol. The van der Waals surface area contributed by atoms with Gasteiger partial charge in [-0.05, 0) is 93.5 Å². The van der Waals surface area contributed by atoms with Crippen molar-refractivity contribution >= 4 is 17.3 Å². The number of unbranched alkanes of at least 4 members (excludes halogenated alkanes) is 1. The Bertz CT molecular complexity index is 1320. The molecule has 0 spiro atoms. The topological polar surface area (TPSA) is 51.7 Å². The van der Waals surface area contributed by atoms with E-state index in [1.165, 1.54) is 41.6 Å². The van der Waals surface area contributed by atoms with Crippen molar-refractivity contribution in [2.45, 2.75) is 86.0 Å². The highest BCUT2D eigenvalue weighted by molar-refractivity contribution is 7.08. The average Bonchev–Trinajstić information content (AvgIpc) is 3.49. The Morgan fingerprint density at radius 2 is 1.78 bits per heavy atom. The number of hydrogen-bond acceptors (Lipinski definition) is 6. The largest absolute Gasteiger partial charge is 0.497 e. The van der Waals surface area contributed by atoms with Crippen LogP contribution in [0.15, 0.2) is 30.3 Å². The van der Waals surface area contributed by atoms with E-state index in [4.69, 9.17) is 4.74 Å². The van der Waals surface area contributed by atoms with E-state index in [9.17, 15) is 18.0 Å². The lowest BCUT2D eigenvalue weighted by Crippen LogP contribution is -2.19. The highest BCUT2D eigenvalue weighted by Gasteiger charge is 2.29. The van der Waals surface area contributed by atoms with Gasteiger partial charge in [0.2, 0.25) is 0 Å². The summed E-state index contributed by atoms with van der Waals surface area (Å²) in [5.74, 6) is 1.32. The monoisotopic (exact) mass is 590 g/mol. The number of carbonyl (C=O) groups is 1. The number of aromatic nitrogens is 1. The number of rotatable bonds is 6. The third-order valence-electron chi connectivity index (χ3n) is 7.35. The van der Waals surface area contributed by atoms with Gasteiger partial charge in [0.15, 0.2) is 17.5 Å². The van der Waals surface area contributed by atoms with Gasteiger partial charge in [-0.2, -0.15) is 17.5 Å². The first-order chi connectivity index (χ1) is 19.4. The fourth-order valence-corrected chi connectivity index (χ4v) is 5.73. The quantitative estimate of drug-likeness (QED) is 0.289. The summed E-state index contributed by atoms with van der Waals surface area (Å²) in [6.07, 6.45) is 1.11. The van der Waals surface area contributed by atoms with Crippen LogP contribution in [0, 0.1) is 27.7 Å². The zero-order valence-electron chi connectivity index (χ0n) is 24.9. The molecule has 9 heteroatoms. The van der Waals surface area contributed by atoms with Gasteiger partial charge in [0.25, 0.3) is 0 Å². The smallest absolute Gasteiger partial charge is 0.422 e. The highest BCUT2D eigenvalue weighted by Crippen LogP contribution is 2.30. The molecule has 5 rings (SSSR count). The Morgan fingerprint density at radius 1 is 1.02 bits per heavy atom. The number of fused-ring (bicyclic) bond motifs is 2. The number of alkyl halides is 3. The van der Waals surface area contributed by atoms with Gasteiger partial charge in [-0.3, -0.25) is 9.69 Å². The molecule has 3 aromatic rings. The molecule has 0 saturated carbocycles. The Morgan fingerprint density at radius 3 is 2.39 bits per heavy atom. The number of benzene rings is 2. The molecule has 2 aliphatic rings. The van der Waals surface area contributed by atoms with Crippen molar-refractivity contribution in [3.8, 4) is 10.8 Å². The molecule has 5 nitrogen and oxygen atoms in total. The first-order valence-electron chi connectivity index (χ1n) is 14.1. The zero-order chi connectivity index (χ0) is 30.2. The normalized spacial score (nSPS) is 14.3. The molecule has 41 heavy (non-hydrogen) atoms. The lowest BCUT2D eigenvalue weighted by Gasteiger charge is -2.15. The summed E-state index contributed by atoms with van der Waals surface area (Å²) < 4.78 is 49.0. The number of nitrogens with zero attached hydrogens (tertiary/aromatic N) is 2. The molecule has 1 aliphatic carbocycles. The van der Waals surface area contributed by atoms with E-state index in [1.54, 1.807) is 21.0 Å². The number of hydrogen-bond donors (Lipinski definition) is 0. The second-order valence-corrected chi connectivity index (χ2v) is 11.4. The Balaban J connectivity index is 0.000000171. The summed E-state index contributed by atoms with van der Waals surface area (Å²) in [6.45, 7) is 12.0. The number of ketones is 1. The summed E-state index contributed by atoms with van der Waals surface area (Å²) in [7, 11) is 1.74. The van der Waals surface area contributed by atoms with Crippen molar-refractivity contribution in [2.75, 3.05) is 20.3 Å². The number of ether oxygens (including phenoxy) is 2. The van der Waals surface area contributed by atoms with E-state index < -0.39 is 12.8 Å². The molecule has 0 N–H and O–H groups in total. The predicted molar refractivity (Wildman–Crippen MR) is 158 cm³/mol. The van der Waals surface area contributed by atoms with Crippen LogP contribution in [0.3, 0.4) is 0 Å². The fraction of sp³-hybridized carbons (Fsp3) is 0.500. The van der Waals surface area contributed by atoms with Gasteiger partial charge in [-0.25, -0.2) is 0 Å². The summed E-state index contributed by atoms with van der Waals surface area (Å²) in [5.41, 5.74) is 9.09. The standard InChI is InChI=1S/C14H21NO.C11H12O.C7H8F3NOS/c1-4-5-6-15-9-12-8-13(16-3)7-11(2)14(12)10-15;1-8-4-2-5-9-6-3-7-10(12)11(8)9;1-4-5(2)11-13-6(4)12-3-7(8,9)10/h7-8H,4-6,9-10H2,1-3H3;2,4-5H,3,6-7H2,1H3;3H2,1-2H3. The van der Waals surface area contributed by atoms with E-state index in [0.29, 0.717) is 17.0 Å². The van der Waals surface area contributed by atoms with Gasteiger partial charge in [0.1, 0.15) is 5.75 Å². The minimum atomic E-state index is -4.29. The van der Waals surface area contributed by atoms with Crippen molar-refractivity contribution in [2.24, 2.45) is 0 Å². The predicted octanol–water partition coefficient (Wildman–Crippen LogP) is 8.33. The molecular formula is C32H41F3N2O3S. The fourth-order valence-electron chi connectivity index (χ4n) is 4.98. The lowest BCUT2D eigenvalue weighted by atomic mass is 9.88. The van der Waals surface area contributed by atoms with E-state index in [1.807, 2.05) is 19.1 Å². The van der Waals surface area contributed by atoms with Gasteiger partial charge in [0.05, 0.1) is 12.8 Å². The van der Waals surface area contributed by atoms with Crippen LogP contribution in [-0.2, 0) is 19.5 Å². The zero-order valence-corrected chi connectivity index (χ0v) is 25.7. The summed E-state index contributed by atoms with van der Waals surface area (Å²) in [6, 6.07) is 10.4. The summed E-state index contributed by atoms with van der Waals surface area (Å²) >= 11 is 0.945. The van der Waals surface area contributed by atoms with E-state index in [2.05, 4.69) is 46.1 Å². The summed E-state index contributed by atoms with van der Waals surface area (Å²) in [5, 5.41) is 0.245. The molecule has 0 saturated heterocycles. The molecule has 0 bridgehead atoms. The van der Waals surface area contributed by atoms with Crippen LogP contribution in [0.25, 0.3) is 0 Å². The van der Waals surface area contributed by atoms with Crippen LogP contribution in [-0.4, -0.2) is 41.5 Å². The maximum atomic E-state index is 11.7. The maximum absolute atomic E-state index is 11.7.